The number of nitrogens with zero attached hydrogens (tertiary/aromatic N) is 1. The smallest absolute Gasteiger partial charge is 0.221 e. The van der Waals surface area contributed by atoms with E-state index >= 15 is 0 Å². The van der Waals surface area contributed by atoms with E-state index in [4.69, 9.17) is 0 Å². The summed E-state index contributed by atoms with van der Waals surface area (Å²) in [5, 5.41) is 13.4. The fourth-order valence-corrected chi connectivity index (χ4v) is 3.57. The van der Waals surface area contributed by atoms with Crippen LogP contribution in [-0.2, 0) is 4.79 Å². The second-order valence-corrected chi connectivity index (χ2v) is 6.74. The largest absolute Gasteiger partial charge is 0.387 e. The molecule has 2 saturated carbocycles. The molecule has 0 unspecified atom stereocenters. The Balaban J connectivity index is 1.31. The van der Waals surface area contributed by atoms with Crippen LogP contribution in [-0.4, -0.2) is 47.2 Å². The summed E-state index contributed by atoms with van der Waals surface area (Å²) in [5.41, 5.74) is -0.417. The van der Waals surface area contributed by atoms with Crippen LogP contribution >= 0.6 is 0 Å². The van der Waals surface area contributed by atoms with Gasteiger partial charge in [-0.15, -0.1) is 0 Å². The Bertz CT molecular complexity index is 329. The van der Waals surface area contributed by atoms with Crippen molar-refractivity contribution in [3.8, 4) is 0 Å². The highest BCUT2D eigenvalue weighted by atomic mass is 16.3. The number of rotatable bonds is 5. The Morgan fingerprint density at radius 3 is 2.47 bits per heavy atom. The molecule has 2 aliphatic carbocycles. The molecule has 108 valence electrons. The minimum atomic E-state index is -0.417. The summed E-state index contributed by atoms with van der Waals surface area (Å²) in [6, 6.07) is 0.418. The normalized spacial score (nSPS) is 27.8. The van der Waals surface area contributed by atoms with Crippen molar-refractivity contribution >= 4 is 5.91 Å². The molecule has 0 aromatic heterocycles. The number of β-amino-alcohol motifs (C(OH)–C–C–N with tert-alkyl or cyclic N) is 1. The van der Waals surface area contributed by atoms with Crippen LogP contribution in [0.4, 0.5) is 0 Å². The van der Waals surface area contributed by atoms with Crippen molar-refractivity contribution in [2.75, 3.05) is 19.6 Å². The molecule has 0 bridgehead atoms. The predicted molar refractivity (Wildman–Crippen MR) is 73.7 cm³/mol. The van der Waals surface area contributed by atoms with Crippen molar-refractivity contribution in [3.63, 3.8) is 0 Å². The summed E-state index contributed by atoms with van der Waals surface area (Å²) in [4.78, 5) is 14.1. The van der Waals surface area contributed by atoms with Crippen molar-refractivity contribution < 1.29 is 9.90 Å². The van der Waals surface area contributed by atoms with Crippen LogP contribution in [0.1, 0.15) is 51.4 Å². The Labute approximate surface area is 115 Å². The average molecular weight is 266 g/mol. The van der Waals surface area contributed by atoms with Gasteiger partial charge in [-0.1, -0.05) is 19.3 Å². The lowest BCUT2D eigenvalue weighted by Gasteiger charge is -2.47. The van der Waals surface area contributed by atoms with E-state index in [1.54, 1.807) is 0 Å². The first-order chi connectivity index (χ1) is 9.16. The molecule has 1 saturated heterocycles. The van der Waals surface area contributed by atoms with Crippen molar-refractivity contribution in [3.05, 3.63) is 0 Å². The van der Waals surface area contributed by atoms with Crippen molar-refractivity contribution in [2.45, 2.75) is 63.0 Å². The zero-order valence-electron chi connectivity index (χ0n) is 11.7. The Morgan fingerprint density at radius 1 is 1.16 bits per heavy atom. The molecule has 2 N–H and O–H groups in total. The van der Waals surface area contributed by atoms with Gasteiger partial charge >= 0.3 is 0 Å². The van der Waals surface area contributed by atoms with Gasteiger partial charge in [-0.05, 0) is 31.6 Å². The van der Waals surface area contributed by atoms with Crippen LogP contribution in [0.5, 0.6) is 0 Å². The molecule has 0 atom stereocenters. The molecule has 0 aromatic rings. The standard InChI is InChI=1S/C15H26N2O2/c18-14(16-13-4-2-1-3-5-13)8-9-17-10-15(19,11-17)12-6-7-12/h12-13,19H,1-11H2,(H,16,18). The van der Waals surface area contributed by atoms with E-state index in [9.17, 15) is 9.90 Å². The molecule has 3 aliphatic rings. The third-order valence-corrected chi connectivity index (χ3v) is 4.96. The van der Waals surface area contributed by atoms with Crippen molar-refractivity contribution in [2.24, 2.45) is 5.92 Å². The first-order valence-corrected chi connectivity index (χ1v) is 7.90. The SMILES string of the molecule is O=C(CCN1CC(O)(C2CC2)C1)NC1CCCCC1. The van der Waals surface area contributed by atoms with E-state index in [-0.39, 0.29) is 5.91 Å². The molecule has 1 heterocycles. The molecule has 3 fully saturated rings. The molecule has 4 heteroatoms. The summed E-state index contributed by atoms with van der Waals surface area (Å²) in [6.45, 7) is 2.34. The van der Waals surface area contributed by atoms with Crippen LogP contribution in [0, 0.1) is 5.92 Å². The molecular formula is C15H26N2O2. The topological polar surface area (TPSA) is 52.6 Å². The van der Waals surface area contributed by atoms with Gasteiger partial charge in [0, 0.05) is 32.1 Å². The second kappa shape index (κ2) is 5.41. The third kappa shape index (κ3) is 3.29. The minimum absolute atomic E-state index is 0.189. The van der Waals surface area contributed by atoms with E-state index < -0.39 is 5.60 Å². The molecule has 1 amide bonds. The molecule has 19 heavy (non-hydrogen) atoms. The van der Waals surface area contributed by atoms with E-state index in [0.29, 0.717) is 18.4 Å². The number of amides is 1. The predicted octanol–water partition coefficient (Wildman–Crippen LogP) is 1.28. The summed E-state index contributed by atoms with van der Waals surface area (Å²) < 4.78 is 0. The van der Waals surface area contributed by atoms with Gasteiger partial charge in [0.2, 0.25) is 5.91 Å². The number of carbonyl (C=O) groups excluding carboxylic acids is 1. The van der Waals surface area contributed by atoms with Crippen LogP contribution < -0.4 is 5.32 Å². The molecular weight excluding hydrogens is 240 g/mol. The van der Waals surface area contributed by atoms with Gasteiger partial charge in [0.05, 0.1) is 5.60 Å². The molecule has 0 spiro atoms. The van der Waals surface area contributed by atoms with Gasteiger partial charge in [0.25, 0.3) is 0 Å². The Morgan fingerprint density at radius 2 is 1.84 bits per heavy atom. The number of aliphatic hydroxyl groups is 1. The van der Waals surface area contributed by atoms with Crippen LogP contribution in [0.15, 0.2) is 0 Å². The van der Waals surface area contributed by atoms with Crippen LogP contribution in [0.2, 0.25) is 0 Å². The Hall–Kier alpha value is -0.610. The van der Waals surface area contributed by atoms with Crippen molar-refractivity contribution in [1.82, 2.24) is 10.2 Å². The zero-order chi connectivity index (χ0) is 13.3. The number of hydrogen-bond donors (Lipinski definition) is 2. The van der Waals surface area contributed by atoms with Gasteiger partial charge in [-0.25, -0.2) is 0 Å². The molecule has 1 aliphatic heterocycles. The third-order valence-electron chi connectivity index (χ3n) is 4.96. The maximum atomic E-state index is 11.9. The van der Waals surface area contributed by atoms with E-state index in [1.807, 2.05) is 0 Å². The van der Waals surface area contributed by atoms with Crippen LogP contribution in [0.3, 0.4) is 0 Å². The van der Waals surface area contributed by atoms with Gasteiger partial charge in [0.15, 0.2) is 0 Å². The van der Waals surface area contributed by atoms with Gasteiger partial charge in [-0.2, -0.15) is 0 Å². The number of carbonyl (C=O) groups is 1. The molecule has 3 rings (SSSR count). The summed E-state index contributed by atoms with van der Waals surface area (Å²) in [5.74, 6) is 0.730. The van der Waals surface area contributed by atoms with E-state index in [0.717, 1.165) is 32.5 Å². The summed E-state index contributed by atoms with van der Waals surface area (Å²) in [6.07, 6.45) is 9.08. The summed E-state index contributed by atoms with van der Waals surface area (Å²) in [7, 11) is 0. The lowest BCUT2D eigenvalue weighted by Crippen LogP contribution is -2.63. The fraction of sp³-hybridized carbons (Fsp3) is 0.933. The summed E-state index contributed by atoms with van der Waals surface area (Å²) >= 11 is 0. The number of likely N-dealkylation sites (tertiary alicyclic amines) is 1. The van der Waals surface area contributed by atoms with Gasteiger partial charge in [0.1, 0.15) is 0 Å². The maximum absolute atomic E-state index is 11.9. The first-order valence-electron chi connectivity index (χ1n) is 7.90. The molecule has 4 nitrogen and oxygen atoms in total. The fourth-order valence-electron chi connectivity index (χ4n) is 3.57. The first kappa shape index (κ1) is 13.4. The maximum Gasteiger partial charge on any atom is 0.221 e. The highest BCUT2D eigenvalue weighted by Gasteiger charge is 2.51. The zero-order valence-corrected chi connectivity index (χ0v) is 11.7. The quantitative estimate of drug-likeness (QED) is 0.788. The number of hydrogen-bond acceptors (Lipinski definition) is 3. The van der Waals surface area contributed by atoms with Crippen molar-refractivity contribution in [1.29, 1.82) is 0 Å². The minimum Gasteiger partial charge on any atom is -0.387 e. The van der Waals surface area contributed by atoms with Crippen LogP contribution in [0.25, 0.3) is 0 Å². The molecule has 0 aromatic carbocycles. The van der Waals surface area contributed by atoms with Gasteiger partial charge in [-0.3, -0.25) is 9.69 Å². The molecule has 0 radical (unpaired) electrons. The van der Waals surface area contributed by atoms with Gasteiger partial charge < -0.3 is 10.4 Å². The van der Waals surface area contributed by atoms with E-state index in [2.05, 4.69) is 10.2 Å². The lowest BCUT2D eigenvalue weighted by atomic mass is 9.88. The van der Waals surface area contributed by atoms with E-state index in [1.165, 1.54) is 32.1 Å². The second-order valence-electron chi connectivity index (χ2n) is 6.74. The highest BCUT2D eigenvalue weighted by Crippen LogP contribution is 2.44. The monoisotopic (exact) mass is 266 g/mol. The average Bonchev–Trinajstić information content (AvgIpc) is 3.19. The Kier molecular flexibility index (Phi) is 3.81. The number of nitrogens with one attached hydrogen (secondary N) is 1. The lowest BCUT2D eigenvalue weighted by molar-refractivity contribution is -0.128. The highest BCUT2D eigenvalue weighted by molar-refractivity contribution is 5.76.